The van der Waals surface area contributed by atoms with E-state index in [0.717, 1.165) is 29.3 Å². The van der Waals surface area contributed by atoms with Gasteiger partial charge in [-0.3, -0.25) is 0 Å². The van der Waals surface area contributed by atoms with Gasteiger partial charge in [0.15, 0.2) is 0 Å². The fourth-order valence-corrected chi connectivity index (χ4v) is 1.75. The average molecular weight is 243 g/mol. The highest BCUT2D eigenvalue weighted by molar-refractivity contribution is 5.85. The minimum absolute atomic E-state index is 0. The first-order valence-electron chi connectivity index (χ1n) is 5.21. The molecule has 0 saturated carbocycles. The molecule has 3 N–H and O–H groups in total. The smallest absolute Gasteiger partial charge is 0.123 e. The fourth-order valence-electron chi connectivity index (χ4n) is 1.75. The van der Waals surface area contributed by atoms with Gasteiger partial charge in [-0.25, -0.2) is 4.39 Å². The van der Waals surface area contributed by atoms with Crippen LogP contribution in [0.5, 0.6) is 0 Å². The van der Waals surface area contributed by atoms with Crippen LogP contribution in [0.1, 0.15) is 18.9 Å². The molecule has 2 aromatic rings. The Balaban J connectivity index is 0.00000128. The lowest BCUT2D eigenvalue weighted by Crippen LogP contribution is -2.21. The summed E-state index contributed by atoms with van der Waals surface area (Å²) in [5.41, 5.74) is 7.95. The molecule has 1 atom stereocenters. The van der Waals surface area contributed by atoms with Crippen LogP contribution >= 0.6 is 12.4 Å². The van der Waals surface area contributed by atoms with E-state index in [1.807, 2.05) is 6.20 Å². The number of aromatic nitrogens is 1. The van der Waals surface area contributed by atoms with Crippen LogP contribution in [0.2, 0.25) is 0 Å². The second-order valence-corrected chi connectivity index (χ2v) is 3.88. The number of aromatic amines is 1. The Morgan fingerprint density at radius 1 is 1.44 bits per heavy atom. The summed E-state index contributed by atoms with van der Waals surface area (Å²) in [6, 6.07) is 4.92. The molecule has 0 aliphatic rings. The molecule has 0 amide bonds. The minimum atomic E-state index is -0.201. The van der Waals surface area contributed by atoms with E-state index in [1.165, 1.54) is 6.07 Å². The van der Waals surface area contributed by atoms with Crippen molar-refractivity contribution in [2.75, 3.05) is 0 Å². The molecule has 1 unspecified atom stereocenters. The second kappa shape index (κ2) is 5.32. The van der Waals surface area contributed by atoms with E-state index >= 15 is 0 Å². The first-order chi connectivity index (χ1) is 7.20. The lowest BCUT2D eigenvalue weighted by atomic mass is 10.0. The van der Waals surface area contributed by atoms with Gasteiger partial charge in [-0.15, -0.1) is 12.4 Å². The van der Waals surface area contributed by atoms with Crippen molar-refractivity contribution in [1.82, 2.24) is 4.98 Å². The molecule has 0 aliphatic heterocycles. The maximum absolute atomic E-state index is 13.1. The molecule has 2 nitrogen and oxygen atoms in total. The number of hydrogen-bond acceptors (Lipinski definition) is 1. The predicted octanol–water partition coefficient (Wildman–Crippen LogP) is 3.01. The van der Waals surface area contributed by atoms with E-state index in [0.29, 0.717) is 0 Å². The molecule has 1 aromatic heterocycles. The molecule has 0 radical (unpaired) electrons. The lowest BCUT2D eigenvalue weighted by molar-refractivity contribution is 0.628. The van der Waals surface area contributed by atoms with Crippen LogP contribution < -0.4 is 5.73 Å². The highest BCUT2D eigenvalue weighted by Crippen LogP contribution is 2.20. The Bertz CT molecular complexity index is 467. The Morgan fingerprint density at radius 2 is 2.19 bits per heavy atom. The second-order valence-electron chi connectivity index (χ2n) is 3.88. The molecular weight excluding hydrogens is 227 g/mol. The number of fused-ring (bicyclic) bond motifs is 1. The van der Waals surface area contributed by atoms with Gasteiger partial charge in [0.1, 0.15) is 5.82 Å². The monoisotopic (exact) mass is 242 g/mol. The standard InChI is InChI=1S/C12H15FN2.ClH/c1-2-10(14)5-8-7-15-12-4-3-9(13)6-11(8)12;/h3-4,6-7,10,15H,2,5,14H2,1H3;1H. The predicted molar refractivity (Wildman–Crippen MR) is 67.5 cm³/mol. The largest absolute Gasteiger partial charge is 0.361 e. The van der Waals surface area contributed by atoms with Crippen molar-refractivity contribution in [3.8, 4) is 0 Å². The first kappa shape index (κ1) is 13.0. The first-order valence-corrected chi connectivity index (χ1v) is 5.21. The van der Waals surface area contributed by atoms with Crippen molar-refractivity contribution < 1.29 is 4.39 Å². The van der Waals surface area contributed by atoms with Crippen LogP contribution in [0, 0.1) is 5.82 Å². The van der Waals surface area contributed by atoms with Crippen molar-refractivity contribution in [2.45, 2.75) is 25.8 Å². The maximum atomic E-state index is 13.1. The van der Waals surface area contributed by atoms with Gasteiger partial charge in [0.25, 0.3) is 0 Å². The Kier molecular flexibility index (Phi) is 4.33. The van der Waals surface area contributed by atoms with E-state index in [1.54, 1.807) is 12.1 Å². The number of nitrogens with two attached hydrogens (primary N) is 1. The van der Waals surface area contributed by atoms with Crippen LogP contribution in [0.15, 0.2) is 24.4 Å². The van der Waals surface area contributed by atoms with Gasteiger partial charge in [0, 0.05) is 23.1 Å². The van der Waals surface area contributed by atoms with Crippen LogP contribution in [0.4, 0.5) is 4.39 Å². The van der Waals surface area contributed by atoms with E-state index < -0.39 is 0 Å². The maximum Gasteiger partial charge on any atom is 0.123 e. The summed E-state index contributed by atoms with van der Waals surface area (Å²) in [5.74, 6) is -0.201. The average Bonchev–Trinajstić information content (AvgIpc) is 2.61. The van der Waals surface area contributed by atoms with Gasteiger partial charge in [-0.05, 0) is 36.6 Å². The highest BCUT2D eigenvalue weighted by Gasteiger charge is 2.07. The van der Waals surface area contributed by atoms with Crippen LogP contribution in [-0.2, 0) is 6.42 Å². The molecule has 16 heavy (non-hydrogen) atoms. The topological polar surface area (TPSA) is 41.8 Å². The quantitative estimate of drug-likeness (QED) is 0.854. The molecule has 88 valence electrons. The highest BCUT2D eigenvalue weighted by atomic mass is 35.5. The number of hydrogen-bond donors (Lipinski definition) is 2. The summed E-state index contributed by atoms with van der Waals surface area (Å²) in [6.07, 6.45) is 3.64. The molecule has 4 heteroatoms. The van der Waals surface area contributed by atoms with Crippen LogP contribution in [-0.4, -0.2) is 11.0 Å². The molecular formula is C12H16ClFN2. The molecule has 0 saturated heterocycles. The van der Waals surface area contributed by atoms with Gasteiger partial charge >= 0.3 is 0 Å². The third-order valence-corrected chi connectivity index (χ3v) is 2.74. The fraction of sp³-hybridized carbons (Fsp3) is 0.333. The molecule has 0 aliphatic carbocycles. The minimum Gasteiger partial charge on any atom is -0.361 e. The summed E-state index contributed by atoms with van der Waals surface area (Å²) in [4.78, 5) is 3.12. The zero-order valence-electron chi connectivity index (χ0n) is 9.16. The molecule has 2 rings (SSSR count). The number of nitrogens with one attached hydrogen (secondary N) is 1. The van der Waals surface area contributed by atoms with E-state index in [-0.39, 0.29) is 24.3 Å². The van der Waals surface area contributed by atoms with Crippen LogP contribution in [0.3, 0.4) is 0 Å². The zero-order chi connectivity index (χ0) is 10.8. The van der Waals surface area contributed by atoms with Gasteiger partial charge < -0.3 is 10.7 Å². The third kappa shape index (κ3) is 2.54. The Labute approximate surface area is 100 Å². The van der Waals surface area contributed by atoms with Crippen molar-refractivity contribution in [2.24, 2.45) is 5.73 Å². The summed E-state index contributed by atoms with van der Waals surface area (Å²) < 4.78 is 13.1. The van der Waals surface area contributed by atoms with Crippen molar-refractivity contribution >= 4 is 23.3 Å². The number of H-pyrrole nitrogens is 1. The Hall–Kier alpha value is -1.06. The molecule has 0 fully saturated rings. The van der Waals surface area contributed by atoms with Gasteiger partial charge in [-0.2, -0.15) is 0 Å². The number of benzene rings is 1. The van der Waals surface area contributed by atoms with E-state index in [9.17, 15) is 4.39 Å². The summed E-state index contributed by atoms with van der Waals surface area (Å²) in [7, 11) is 0. The summed E-state index contributed by atoms with van der Waals surface area (Å²) >= 11 is 0. The SMILES string of the molecule is CCC(N)Cc1c[nH]c2ccc(F)cc12.Cl. The molecule has 0 spiro atoms. The summed E-state index contributed by atoms with van der Waals surface area (Å²) in [5, 5.41) is 0.943. The summed E-state index contributed by atoms with van der Waals surface area (Å²) in [6.45, 7) is 2.06. The normalized spacial score (nSPS) is 12.4. The Morgan fingerprint density at radius 3 is 2.88 bits per heavy atom. The van der Waals surface area contributed by atoms with Crippen molar-refractivity contribution in [3.63, 3.8) is 0 Å². The number of rotatable bonds is 3. The van der Waals surface area contributed by atoms with Gasteiger partial charge in [0.05, 0.1) is 0 Å². The van der Waals surface area contributed by atoms with Gasteiger partial charge in [0.2, 0.25) is 0 Å². The van der Waals surface area contributed by atoms with Crippen molar-refractivity contribution in [1.29, 1.82) is 0 Å². The third-order valence-electron chi connectivity index (χ3n) is 2.74. The molecule has 0 bridgehead atoms. The van der Waals surface area contributed by atoms with E-state index in [2.05, 4.69) is 11.9 Å². The lowest BCUT2D eigenvalue weighted by Gasteiger charge is -2.06. The zero-order valence-corrected chi connectivity index (χ0v) is 9.98. The van der Waals surface area contributed by atoms with Gasteiger partial charge in [-0.1, -0.05) is 6.92 Å². The number of halogens is 2. The molecule has 1 heterocycles. The molecule has 1 aromatic carbocycles. The van der Waals surface area contributed by atoms with E-state index in [4.69, 9.17) is 5.73 Å². The van der Waals surface area contributed by atoms with Crippen LogP contribution in [0.25, 0.3) is 10.9 Å². The van der Waals surface area contributed by atoms with Crippen molar-refractivity contribution in [3.05, 3.63) is 35.8 Å².